The van der Waals surface area contributed by atoms with Crippen molar-refractivity contribution in [2.75, 3.05) is 9.80 Å². The van der Waals surface area contributed by atoms with Crippen molar-refractivity contribution < 1.29 is 24.7 Å². The molecular formula is C103H101BN4. The molecule has 2 aliphatic heterocycles. The summed E-state index contributed by atoms with van der Waals surface area (Å²) in [5.74, 6) is 0. The molecule has 13 aromatic carbocycles. The van der Waals surface area contributed by atoms with E-state index in [-0.39, 0.29) is 51.5 Å². The number of fused-ring (bicyclic) bond motifs is 10. The van der Waals surface area contributed by atoms with Gasteiger partial charge >= 0.3 is 0 Å². The molecule has 0 bridgehead atoms. The molecule has 108 heavy (non-hydrogen) atoms. The van der Waals surface area contributed by atoms with Crippen LogP contribution in [0.3, 0.4) is 0 Å². The lowest BCUT2D eigenvalue weighted by molar-refractivity contribution is 0.411. The minimum absolute atomic E-state index is 0.135. The van der Waals surface area contributed by atoms with E-state index in [4.69, 9.17) is 0 Å². The average Bonchev–Trinajstić information content (AvgIpc) is 0.856. The standard InChI is InChI=1S/C103H101BN4/c1-99(2,3)62-67-44-50-90-84(52-67)78-40-28-30-42-88(78)105(90)76-46-48-86-94(58-76)107(92-60-80(70-32-20-16-21-33-70)74(65-102(10,11)12)56-82(92)72-36-24-18-25-37-72)96-54-69(64-101(7,8)9)55-97-98(96)104(86)87-49-47-77(106-89-43-31-29-41-79(89)85-53-68(45-51-91(85)106)63-100(4,5)6)59-95(87)108(97)93-61-81(71-34-22-17-23-35-71)75(66-103(13,14)15)57-83(93)73-38-26-19-27-39-73/h16-61H,62-66H2,1-15H3/i28D,29D,30D,31D,40D,41D,42D,43D,62D2,63D2,64D2,65D2,66D2. The van der Waals surface area contributed by atoms with Crippen LogP contribution < -0.4 is 26.2 Å². The third kappa shape index (κ3) is 13.3. The summed E-state index contributed by atoms with van der Waals surface area (Å²) in [7, 11) is 0. The van der Waals surface area contributed by atoms with Crippen LogP contribution in [0.1, 0.15) is 156 Å². The van der Waals surface area contributed by atoms with Gasteiger partial charge in [0.15, 0.2) is 0 Å². The quantitative estimate of drug-likeness (QED) is 0.107. The topological polar surface area (TPSA) is 16.3 Å². The van der Waals surface area contributed by atoms with Gasteiger partial charge in [-0.1, -0.05) is 286 Å². The molecule has 0 saturated carbocycles. The normalized spacial score (nSPS) is 16.3. The lowest BCUT2D eigenvalue weighted by Gasteiger charge is -2.46. The summed E-state index contributed by atoms with van der Waals surface area (Å²) in [6, 6.07) is 70.2. The molecule has 4 nitrogen and oxygen atoms in total. The van der Waals surface area contributed by atoms with E-state index in [1.165, 1.54) is 0 Å². The zero-order valence-electron chi connectivity index (χ0n) is 82.3. The van der Waals surface area contributed by atoms with Crippen LogP contribution >= 0.6 is 0 Å². The summed E-state index contributed by atoms with van der Waals surface area (Å²) in [5.41, 5.74) is 9.17. The van der Waals surface area contributed by atoms with Gasteiger partial charge in [-0.15, -0.1) is 0 Å². The molecule has 4 heterocycles. The van der Waals surface area contributed by atoms with E-state index in [1.807, 2.05) is 295 Å². The van der Waals surface area contributed by atoms with Crippen LogP contribution in [0.5, 0.6) is 0 Å². The molecule has 0 fully saturated rings. The van der Waals surface area contributed by atoms with E-state index in [9.17, 15) is 24.7 Å². The monoisotopic (exact) mass is 1420 g/mol. The van der Waals surface area contributed by atoms with Gasteiger partial charge in [0, 0.05) is 80.5 Å². The van der Waals surface area contributed by atoms with Gasteiger partial charge in [0.2, 0.25) is 0 Å². The van der Waals surface area contributed by atoms with Gasteiger partial charge in [0.05, 0.1) is 44.4 Å². The Bertz CT molecular complexity index is 6600. The summed E-state index contributed by atoms with van der Waals surface area (Å²) in [5, 5.41) is 1.13. The Morgan fingerprint density at radius 3 is 0.991 bits per heavy atom. The zero-order valence-corrected chi connectivity index (χ0v) is 64.3. The molecule has 0 aliphatic carbocycles. The van der Waals surface area contributed by atoms with Gasteiger partial charge < -0.3 is 18.9 Å². The molecule has 0 spiro atoms. The molecule has 2 aliphatic rings. The number of rotatable bonds is 13. The number of anilines is 6. The SMILES string of the molecule is [2H]c1c([2H])c([2H])c2c(c1[2H])c1cc(C([2H])([2H])C(C)(C)C)ccc1n2-c1ccc2c(c1)N(c1cc(-c3ccccc3)c(C([2H])([2H])C(C)(C)C)cc1-c1ccccc1)c1cc(C([2H])([2H])C(C)(C)C)cc3c1B2c1ccc(-n2c4ccc(C([2H])([2H])C(C)(C)C)cc4c4c([2H])c([2H])c([2H])c([2H])c42)cc1N3c1cc(-c2ccccc2)c(C([2H])([2H])C(C)(C)C)cc1-c1ccccc1. The second-order valence-corrected chi connectivity index (χ2v) is 34.3. The average molecular weight is 1420 g/mol. The molecule has 536 valence electrons. The number of nitrogens with zero attached hydrogens (tertiary/aromatic N) is 4. The predicted octanol–water partition coefficient (Wildman–Crippen LogP) is 26.6. The molecule has 2 aromatic heterocycles. The number of aromatic nitrogens is 2. The van der Waals surface area contributed by atoms with Crippen molar-refractivity contribution in [1.82, 2.24) is 9.13 Å². The molecular weight excluding hydrogens is 1300 g/mol. The first-order chi connectivity index (χ1) is 58.8. The van der Waals surface area contributed by atoms with Crippen molar-refractivity contribution in [3.63, 3.8) is 0 Å². The van der Waals surface area contributed by atoms with E-state index in [0.717, 1.165) is 0 Å². The Hall–Kier alpha value is -10.9. The van der Waals surface area contributed by atoms with Crippen LogP contribution in [-0.4, -0.2) is 15.8 Å². The molecule has 17 rings (SSSR count). The third-order valence-electron chi connectivity index (χ3n) is 20.0. The van der Waals surface area contributed by atoms with E-state index >= 15 is 0 Å². The van der Waals surface area contributed by atoms with Gasteiger partial charge in [0.1, 0.15) is 0 Å². The molecule has 0 atom stereocenters. The number of hydrogen-bond acceptors (Lipinski definition) is 2. The maximum atomic E-state index is 10.9. The van der Waals surface area contributed by atoms with Crippen molar-refractivity contribution >= 4 is 101 Å². The van der Waals surface area contributed by atoms with E-state index in [2.05, 4.69) is 21.9 Å². The summed E-state index contributed by atoms with van der Waals surface area (Å²) >= 11 is 0. The zero-order chi connectivity index (χ0) is 90.9. The predicted molar refractivity (Wildman–Crippen MR) is 467 cm³/mol. The molecule has 0 saturated heterocycles. The number of benzene rings is 13. The fourth-order valence-corrected chi connectivity index (χ4v) is 16.2. The van der Waals surface area contributed by atoms with Gasteiger partial charge in [-0.25, -0.2) is 0 Å². The van der Waals surface area contributed by atoms with E-state index < -0.39 is 89.8 Å². The summed E-state index contributed by atoms with van der Waals surface area (Å²) in [6.07, 6.45) is -10.1. The summed E-state index contributed by atoms with van der Waals surface area (Å²) in [6.45, 7) is 27.0. The Balaban J connectivity index is 1.10. The second kappa shape index (κ2) is 26.5. The Morgan fingerprint density at radius 2 is 0.630 bits per heavy atom. The third-order valence-corrected chi connectivity index (χ3v) is 20.0. The lowest BCUT2D eigenvalue weighted by Crippen LogP contribution is -2.61. The maximum Gasteiger partial charge on any atom is 0.252 e. The molecule has 15 aromatic rings. The van der Waals surface area contributed by atoms with Crippen LogP contribution in [0.25, 0.3) is 99.5 Å². The summed E-state index contributed by atoms with van der Waals surface area (Å²) in [4.78, 5) is 4.32. The highest BCUT2D eigenvalue weighted by Gasteiger charge is 2.46. The minimum Gasteiger partial charge on any atom is -0.311 e. The molecule has 0 radical (unpaired) electrons. The Morgan fingerprint density at radius 1 is 0.287 bits per heavy atom. The first-order valence-electron chi connectivity index (χ1n) is 46.6. The van der Waals surface area contributed by atoms with E-state index in [1.54, 1.807) is 36.4 Å². The first-order valence-corrected chi connectivity index (χ1v) is 37.6. The number of para-hydroxylation sites is 2. The molecule has 0 amide bonds. The van der Waals surface area contributed by atoms with Gasteiger partial charge in [0.25, 0.3) is 6.71 Å². The molecule has 5 heteroatoms. The minimum atomic E-state index is -2.22. The molecule has 0 unspecified atom stereocenters. The van der Waals surface area contributed by atoms with Crippen molar-refractivity contribution in [1.29, 1.82) is 0 Å². The van der Waals surface area contributed by atoms with Gasteiger partial charge in [-0.05, 0) is 234 Å². The molecule has 0 N–H and O–H groups in total. The summed E-state index contributed by atoms with van der Waals surface area (Å²) < 4.78 is 183. The lowest BCUT2D eigenvalue weighted by atomic mass is 9.33. The van der Waals surface area contributed by atoms with Crippen molar-refractivity contribution in [3.8, 4) is 55.9 Å². The van der Waals surface area contributed by atoms with Gasteiger partial charge in [-0.2, -0.15) is 0 Å². The van der Waals surface area contributed by atoms with Crippen LogP contribution in [0, 0.1) is 27.1 Å². The Kier molecular flexibility index (Phi) is 12.8. The van der Waals surface area contributed by atoms with Crippen LogP contribution in [-0.2, 0) is 31.9 Å². The van der Waals surface area contributed by atoms with Crippen LogP contribution in [0.4, 0.5) is 34.1 Å². The largest absolute Gasteiger partial charge is 0.311 e. The van der Waals surface area contributed by atoms with Crippen molar-refractivity contribution in [2.24, 2.45) is 27.1 Å². The second-order valence-electron chi connectivity index (χ2n) is 34.3. The van der Waals surface area contributed by atoms with Crippen molar-refractivity contribution in [3.05, 3.63) is 307 Å². The fraction of sp³-hybridized carbons (Fsp3) is 0.243. The van der Waals surface area contributed by atoms with Crippen LogP contribution in [0.15, 0.2) is 279 Å². The number of hydrogen-bond donors (Lipinski definition) is 0. The maximum absolute atomic E-state index is 10.9. The highest BCUT2D eigenvalue weighted by atomic mass is 15.2. The highest BCUT2D eigenvalue weighted by molar-refractivity contribution is 7.00. The van der Waals surface area contributed by atoms with Gasteiger partial charge in [-0.3, -0.25) is 0 Å². The fourth-order valence-electron chi connectivity index (χ4n) is 16.2. The van der Waals surface area contributed by atoms with Crippen LogP contribution in [0.2, 0.25) is 0 Å². The van der Waals surface area contributed by atoms with Crippen molar-refractivity contribution in [2.45, 2.75) is 136 Å². The highest BCUT2D eigenvalue weighted by Crippen LogP contribution is 2.53. The Labute approximate surface area is 666 Å². The van der Waals surface area contributed by atoms with E-state index in [0.29, 0.717) is 150 Å². The smallest absolute Gasteiger partial charge is 0.252 e. The first kappa shape index (κ1) is 52.2.